The Labute approximate surface area is 68.8 Å². The van der Waals surface area contributed by atoms with E-state index >= 15 is 0 Å². The van der Waals surface area contributed by atoms with Crippen LogP contribution in [0.5, 0.6) is 0 Å². The first-order valence-electron chi connectivity index (χ1n) is 3.61. The molecule has 0 aromatic rings. The predicted molar refractivity (Wildman–Crippen MR) is 42.4 cm³/mol. The summed E-state index contributed by atoms with van der Waals surface area (Å²) in [5.74, 6) is 0.137. The molecular weight excluding hydrogens is 162 g/mol. The van der Waals surface area contributed by atoms with Crippen LogP contribution in [0.25, 0.3) is 0 Å². The number of hydrogen-bond donors (Lipinski definition) is 0. The van der Waals surface area contributed by atoms with E-state index in [1.165, 1.54) is 0 Å². The van der Waals surface area contributed by atoms with Gasteiger partial charge in [0.25, 0.3) is 0 Å². The minimum Gasteiger partial charge on any atom is -0.377 e. The molecule has 4 heteroatoms. The summed E-state index contributed by atoms with van der Waals surface area (Å²) in [4.78, 5) is 0. The van der Waals surface area contributed by atoms with Crippen molar-refractivity contribution < 1.29 is 8.95 Å². The van der Waals surface area contributed by atoms with E-state index < -0.39 is 10.8 Å². The lowest BCUT2D eigenvalue weighted by Crippen LogP contribution is -2.24. The monoisotopic (exact) mass is 173 g/mol. The summed E-state index contributed by atoms with van der Waals surface area (Å²) in [7, 11) is -1.01. The summed E-state index contributed by atoms with van der Waals surface area (Å²) < 4.78 is 16.5. The standard InChI is InChI=1S/C7H11NO2S/c1-6-7(2-4-10-6)11(9)5-3-8/h6-7H,2,4-5H2,1H3. The Kier molecular flexibility index (Phi) is 3.03. The minimum atomic E-state index is -1.01. The summed E-state index contributed by atoms with van der Waals surface area (Å²) in [5, 5.41) is 8.38. The van der Waals surface area contributed by atoms with E-state index in [4.69, 9.17) is 10.00 Å². The van der Waals surface area contributed by atoms with Crippen molar-refractivity contribution in [2.45, 2.75) is 24.7 Å². The van der Waals surface area contributed by atoms with Gasteiger partial charge in [0.2, 0.25) is 0 Å². The van der Waals surface area contributed by atoms with Crippen molar-refractivity contribution >= 4 is 10.8 Å². The van der Waals surface area contributed by atoms with Crippen molar-refractivity contribution in [2.24, 2.45) is 0 Å². The van der Waals surface area contributed by atoms with Gasteiger partial charge in [-0.15, -0.1) is 0 Å². The van der Waals surface area contributed by atoms with Crippen LogP contribution in [-0.2, 0) is 15.5 Å². The first kappa shape index (κ1) is 8.69. The molecule has 1 aliphatic heterocycles. The van der Waals surface area contributed by atoms with Crippen molar-refractivity contribution in [1.82, 2.24) is 0 Å². The van der Waals surface area contributed by atoms with E-state index in [1.807, 2.05) is 13.0 Å². The van der Waals surface area contributed by atoms with Gasteiger partial charge in [-0.3, -0.25) is 4.21 Å². The SMILES string of the molecule is CC1OCCC1S(=O)CC#N. The molecule has 0 aromatic carbocycles. The molecule has 3 atom stereocenters. The fourth-order valence-corrected chi connectivity index (χ4v) is 2.43. The number of ether oxygens (including phenoxy) is 1. The third-order valence-electron chi connectivity index (χ3n) is 1.85. The van der Waals surface area contributed by atoms with Gasteiger partial charge in [0.1, 0.15) is 5.75 Å². The van der Waals surface area contributed by atoms with Crippen LogP contribution in [0.2, 0.25) is 0 Å². The maximum absolute atomic E-state index is 11.3. The Balaban J connectivity index is 2.47. The lowest BCUT2D eigenvalue weighted by atomic mass is 10.3. The van der Waals surface area contributed by atoms with Crippen LogP contribution >= 0.6 is 0 Å². The highest BCUT2D eigenvalue weighted by molar-refractivity contribution is 7.85. The Morgan fingerprint density at radius 3 is 3.00 bits per heavy atom. The predicted octanol–water partition coefficient (Wildman–Crippen LogP) is 0.436. The summed E-state index contributed by atoms with van der Waals surface area (Å²) in [6.07, 6.45) is 0.888. The number of hydrogen-bond acceptors (Lipinski definition) is 3. The van der Waals surface area contributed by atoms with Gasteiger partial charge in [0, 0.05) is 17.4 Å². The number of rotatable bonds is 2. The molecule has 3 nitrogen and oxygen atoms in total. The van der Waals surface area contributed by atoms with Crippen molar-refractivity contribution in [1.29, 1.82) is 5.26 Å². The van der Waals surface area contributed by atoms with Gasteiger partial charge in [-0.25, -0.2) is 0 Å². The molecule has 0 N–H and O–H groups in total. The number of nitriles is 1. The molecule has 1 saturated heterocycles. The maximum atomic E-state index is 11.3. The topological polar surface area (TPSA) is 50.1 Å². The van der Waals surface area contributed by atoms with Gasteiger partial charge < -0.3 is 4.74 Å². The van der Waals surface area contributed by atoms with Crippen LogP contribution in [0.1, 0.15) is 13.3 Å². The van der Waals surface area contributed by atoms with Crippen molar-refractivity contribution in [2.75, 3.05) is 12.4 Å². The molecule has 1 rings (SSSR count). The number of nitrogens with zero attached hydrogens (tertiary/aromatic N) is 1. The van der Waals surface area contributed by atoms with Gasteiger partial charge in [0.15, 0.2) is 0 Å². The van der Waals surface area contributed by atoms with Gasteiger partial charge in [0.05, 0.1) is 17.4 Å². The van der Waals surface area contributed by atoms with Crippen molar-refractivity contribution in [3.8, 4) is 6.07 Å². The zero-order valence-corrected chi connectivity index (χ0v) is 7.26. The van der Waals surface area contributed by atoms with Gasteiger partial charge >= 0.3 is 0 Å². The van der Waals surface area contributed by atoms with E-state index in [-0.39, 0.29) is 17.1 Å². The van der Waals surface area contributed by atoms with E-state index in [0.717, 1.165) is 6.42 Å². The van der Waals surface area contributed by atoms with Crippen molar-refractivity contribution in [3.05, 3.63) is 0 Å². The Hall–Kier alpha value is -0.400. The molecule has 1 fully saturated rings. The van der Waals surface area contributed by atoms with Gasteiger partial charge in [-0.1, -0.05) is 0 Å². The molecule has 0 saturated carbocycles. The fraction of sp³-hybridized carbons (Fsp3) is 0.857. The third-order valence-corrected chi connectivity index (χ3v) is 3.56. The first-order chi connectivity index (χ1) is 5.25. The van der Waals surface area contributed by atoms with Crippen molar-refractivity contribution in [3.63, 3.8) is 0 Å². The largest absolute Gasteiger partial charge is 0.377 e. The summed E-state index contributed by atoms with van der Waals surface area (Å²) in [6.45, 7) is 2.59. The Bertz CT molecular complexity index is 199. The highest BCUT2D eigenvalue weighted by Crippen LogP contribution is 2.18. The Morgan fingerprint density at radius 1 is 1.82 bits per heavy atom. The van der Waals surface area contributed by atoms with Crippen LogP contribution < -0.4 is 0 Å². The molecule has 62 valence electrons. The maximum Gasteiger partial charge on any atom is 0.111 e. The zero-order valence-electron chi connectivity index (χ0n) is 6.45. The third kappa shape index (κ3) is 2.01. The lowest BCUT2D eigenvalue weighted by molar-refractivity contribution is 0.127. The molecule has 0 radical (unpaired) electrons. The molecule has 1 aliphatic rings. The second kappa shape index (κ2) is 3.84. The molecule has 0 aliphatic carbocycles. The van der Waals surface area contributed by atoms with E-state index in [2.05, 4.69) is 0 Å². The highest BCUT2D eigenvalue weighted by atomic mass is 32.2. The van der Waals surface area contributed by atoms with Crippen LogP contribution in [-0.4, -0.2) is 27.9 Å². The normalized spacial score (nSPS) is 33.1. The molecule has 11 heavy (non-hydrogen) atoms. The zero-order chi connectivity index (χ0) is 8.27. The van der Waals surface area contributed by atoms with Crippen LogP contribution in [0, 0.1) is 11.3 Å². The summed E-state index contributed by atoms with van der Waals surface area (Å²) in [5.41, 5.74) is 0. The minimum absolute atomic E-state index is 0.0594. The molecular formula is C7H11NO2S. The van der Waals surface area contributed by atoms with E-state index in [1.54, 1.807) is 0 Å². The van der Waals surface area contributed by atoms with E-state index in [9.17, 15) is 4.21 Å². The highest BCUT2D eigenvalue weighted by Gasteiger charge is 2.28. The average Bonchev–Trinajstić information content (AvgIpc) is 2.36. The first-order valence-corrected chi connectivity index (χ1v) is 4.99. The second-order valence-corrected chi connectivity index (χ2v) is 4.24. The van der Waals surface area contributed by atoms with Crippen LogP contribution in [0.4, 0.5) is 0 Å². The van der Waals surface area contributed by atoms with Gasteiger partial charge in [-0.05, 0) is 13.3 Å². The lowest BCUT2D eigenvalue weighted by Gasteiger charge is -2.10. The molecule has 3 unspecified atom stereocenters. The smallest absolute Gasteiger partial charge is 0.111 e. The fourth-order valence-electron chi connectivity index (χ4n) is 1.23. The Morgan fingerprint density at radius 2 is 2.55 bits per heavy atom. The van der Waals surface area contributed by atoms with Crippen LogP contribution in [0.15, 0.2) is 0 Å². The van der Waals surface area contributed by atoms with Crippen LogP contribution in [0.3, 0.4) is 0 Å². The average molecular weight is 173 g/mol. The second-order valence-electron chi connectivity index (χ2n) is 2.59. The van der Waals surface area contributed by atoms with Gasteiger partial charge in [-0.2, -0.15) is 5.26 Å². The molecule has 0 aromatic heterocycles. The quantitative estimate of drug-likeness (QED) is 0.608. The summed E-state index contributed by atoms with van der Waals surface area (Å²) >= 11 is 0. The summed E-state index contributed by atoms with van der Waals surface area (Å²) in [6, 6.07) is 1.91. The molecule has 0 bridgehead atoms. The molecule has 0 spiro atoms. The van der Waals surface area contributed by atoms with E-state index in [0.29, 0.717) is 6.61 Å². The molecule has 1 heterocycles. The molecule has 0 amide bonds.